The van der Waals surface area contributed by atoms with Gasteiger partial charge in [0.1, 0.15) is 13.1 Å². The number of Topliss-reactive ketones (excluding diaryl/α,β-unsaturated/α-hetero) is 1. The molecular formula is C30H36N5O4+. The zero-order valence-corrected chi connectivity index (χ0v) is 23.3. The van der Waals surface area contributed by atoms with E-state index in [4.69, 9.17) is 9.51 Å². The van der Waals surface area contributed by atoms with Crippen LogP contribution in [-0.4, -0.2) is 25.5 Å². The smallest absolute Gasteiger partial charge is 0.296 e. The van der Waals surface area contributed by atoms with Crippen molar-refractivity contribution in [1.82, 2.24) is 19.7 Å². The molecule has 9 heteroatoms. The summed E-state index contributed by atoms with van der Waals surface area (Å²) < 4.78 is 7.93. The number of unbranched alkanes of at least 4 members (excludes halogenated alkanes) is 1. The number of H-pyrrole nitrogens is 1. The van der Waals surface area contributed by atoms with Crippen LogP contribution in [0.15, 0.2) is 62.6 Å². The maximum absolute atomic E-state index is 13.8. The highest BCUT2D eigenvalue weighted by molar-refractivity contribution is 5.82. The Morgan fingerprint density at radius 3 is 2.31 bits per heavy atom. The van der Waals surface area contributed by atoms with Crippen LogP contribution < -0.4 is 16.0 Å². The molecule has 4 rings (SSSR count). The normalized spacial score (nSPS) is 11.6. The molecule has 0 unspecified atom stereocenters. The molecule has 9 nitrogen and oxygen atoms in total. The standard InChI is InChI=1S/C30H35N5O4/c1-6-8-13-26-31-25(7-2)35(19-24(36)30(3,4)5)29(38)34(26)18-20-14-16-21(17-15-20)22-11-9-10-12-23(22)27-32-28(37)39-33-27/h9-12,14-17H,6-8,13,18-19H2,1-5H3/p+1. The van der Waals surface area contributed by atoms with Crippen molar-refractivity contribution in [2.45, 2.75) is 73.4 Å². The molecule has 0 saturated carbocycles. The van der Waals surface area contributed by atoms with Crippen molar-refractivity contribution in [2.75, 3.05) is 0 Å². The van der Waals surface area contributed by atoms with Crippen LogP contribution in [0.2, 0.25) is 0 Å². The number of ketones is 1. The van der Waals surface area contributed by atoms with E-state index in [-0.39, 0.29) is 18.0 Å². The number of hydrogen-bond donors (Lipinski definition) is 1. The first-order valence-corrected chi connectivity index (χ1v) is 13.4. The molecular weight excluding hydrogens is 494 g/mol. The molecule has 0 aliphatic rings. The van der Waals surface area contributed by atoms with Crippen molar-refractivity contribution in [2.24, 2.45) is 5.41 Å². The minimum absolute atomic E-state index is 0.00637. The Kier molecular flexibility index (Phi) is 8.38. The third-order valence-electron chi connectivity index (χ3n) is 6.78. The lowest BCUT2D eigenvalue weighted by Gasteiger charge is -2.17. The van der Waals surface area contributed by atoms with Crippen molar-refractivity contribution in [3.63, 3.8) is 0 Å². The Balaban J connectivity index is 1.71. The van der Waals surface area contributed by atoms with Crippen LogP contribution in [0.1, 0.15) is 64.7 Å². The van der Waals surface area contributed by atoms with Crippen molar-refractivity contribution in [3.8, 4) is 22.5 Å². The highest BCUT2D eigenvalue weighted by atomic mass is 16.5. The highest BCUT2D eigenvalue weighted by Gasteiger charge is 2.28. The number of nitrogens with one attached hydrogen (secondary N) is 1. The average molecular weight is 531 g/mol. The monoisotopic (exact) mass is 530 g/mol. The summed E-state index contributed by atoms with van der Waals surface area (Å²) in [6.45, 7) is 10.0. The summed E-state index contributed by atoms with van der Waals surface area (Å²) in [6.07, 6.45) is 3.16. The SMILES string of the molecule is CCCCc1nc(CC)[n+](CC(=O)C(C)(C)C)c(=O)n1Cc1ccc(-c2ccccc2-c2noc(=O)[nH]2)cc1. The van der Waals surface area contributed by atoms with Crippen LogP contribution in [0.4, 0.5) is 0 Å². The van der Waals surface area contributed by atoms with Gasteiger partial charge in [-0.15, -0.1) is 0 Å². The minimum Gasteiger partial charge on any atom is -0.296 e. The number of nitrogens with zero attached hydrogens (tertiary/aromatic N) is 4. The van der Waals surface area contributed by atoms with Crippen LogP contribution in [0, 0.1) is 5.41 Å². The van der Waals surface area contributed by atoms with Gasteiger partial charge < -0.3 is 0 Å². The second-order valence-corrected chi connectivity index (χ2v) is 10.7. The van der Waals surface area contributed by atoms with Gasteiger partial charge in [-0.05, 0) is 23.1 Å². The van der Waals surface area contributed by atoms with Gasteiger partial charge in [-0.3, -0.25) is 14.3 Å². The molecule has 0 aliphatic heterocycles. The van der Waals surface area contributed by atoms with Gasteiger partial charge in [0.25, 0.3) is 0 Å². The van der Waals surface area contributed by atoms with Gasteiger partial charge in [-0.2, -0.15) is 9.13 Å². The molecule has 0 fully saturated rings. The zero-order valence-electron chi connectivity index (χ0n) is 23.3. The third-order valence-corrected chi connectivity index (χ3v) is 6.78. The van der Waals surface area contributed by atoms with Gasteiger partial charge in [-0.25, -0.2) is 9.59 Å². The summed E-state index contributed by atoms with van der Waals surface area (Å²) in [4.78, 5) is 45.6. The Labute approximate surface area is 227 Å². The van der Waals surface area contributed by atoms with E-state index in [2.05, 4.69) is 17.1 Å². The molecule has 4 aromatic rings. The first kappa shape index (κ1) is 27.9. The number of rotatable bonds is 10. The highest BCUT2D eigenvalue weighted by Crippen LogP contribution is 2.30. The molecule has 2 aromatic carbocycles. The van der Waals surface area contributed by atoms with Crippen LogP contribution in [0.5, 0.6) is 0 Å². The molecule has 1 N–H and O–H groups in total. The van der Waals surface area contributed by atoms with Gasteiger partial charge in [0.2, 0.25) is 11.6 Å². The van der Waals surface area contributed by atoms with Crippen LogP contribution in [-0.2, 0) is 30.7 Å². The quantitative estimate of drug-likeness (QED) is 0.309. The van der Waals surface area contributed by atoms with Crippen molar-refractivity contribution in [1.29, 1.82) is 0 Å². The van der Waals surface area contributed by atoms with Crippen LogP contribution in [0.25, 0.3) is 22.5 Å². The lowest BCUT2D eigenvalue weighted by atomic mass is 9.91. The summed E-state index contributed by atoms with van der Waals surface area (Å²) >= 11 is 0. The van der Waals surface area contributed by atoms with E-state index >= 15 is 0 Å². The number of carbonyl (C=O) groups excluding carboxylic acids is 1. The van der Waals surface area contributed by atoms with Crippen molar-refractivity contribution < 1.29 is 13.9 Å². The molecule has 0 saturated heterocycles. The van der Waals surface area contributed by atoms with E-state index < -0.39 is 11.2 Å². The maximum Gasteiger partial charge on any atom is 0.446 e. The third kappa shape index (κ3) is 6.30. The van der Waals surface area contributed by atoms with Gasteiger partial charge in [-0.1, -0.05) is 99.7 Å². The maximum atomic E-state index is 13.8. The number of carbonyl (C=O) groups is 1. The fourth-order valence-electron chi connectivity index (χ4n) is 4.39. The first-order chi connectivity index (χ1) is 18.6. The summed E-state index contributed by atoms with van der Waals surface area (Å²) in [7, 11) is 0. The van der Waals surface area contributed by atoms with Gasteiger partial charge in [0.05, 0.1) is 0 Å². The van der Waals surface area contributed by atoms with Gasteiger partial charge in [0.15, 0.2) is 11.6 Å². The molecule has 0 spiro atoms. The number of aromatic nitrogens is 5. The fraction of sp³-hybridized carbons (Fsp3) is 0.400. The van der Waals surface area contributed by atoms with E-state index in [0.29, 0.717) is 31.0 Å². The second-order valence-electron chi connectivity index (χ2n) is 10.7. The Morgan fingerprint density at radius 2 is 1.72 bits per heavy atom. The summed E-state index contributed by atoms with van der Waals surface area (Å²) in [6, 6.07) is 15.5. The fourth-order valence-corrected chi connectivity index (χ4v) is 4.39. The second kappa shape index (κ2) is 11.7. The topological polar surface area (TPSA) is 115 Å². The Hall–Kier alpha value is -4.14. The molecule has 39 heavy (non-hydrogen) atoms. The number of benzene rings is 2. The number of aryl methyl sites for hydroxylation is 2. The molecule has 204 valence electrons. The predicted octanol–water partition coefficient (Wildman–Crippen LogP) is 4.11. The zero-order chi connectivity index (χ0) is 28.2. The molecule has 0 radical (unpaired) electrons. The Bertz CT molecular complexity index is 1570. The summed E-state index contributed by atoms with van der Waals surface area (Å²) in [5, 5.41) is 3.83. The Morgan fingerprint density at radius 1 is 1.03 bits per heavy atom. The molecule has 0 aliphatic carbocycles. The van der Waals surface area contributed by atoms with E-state index in [1.807, 2.05) is 76.2 Å². The number of hydrogen-bond acceptors (Lipinski definition) is 6. The minimum atomic E-state index is -0.608. The van der Waals surface area contributed by atoms with Crippen molar-refractivity contribution >= 4 is 5.78 Å². The molecule has 0 bridgehead atoms. The van der Waals surface area contributed by atoms with Crippen LogP contribution >= 0.6 is 0 Å². The van der Waals surface area contributed by atoms with E-state index in [0.717, 1.165) is 40.9 Å². The van der Waals surface area contributed by atoms with E-state index in [1.165, 1.54) is 4.57 Å². The van der Waals surface area contributed by atoms with E-state index in [1.54, 1.807) is 4.57 Å². The molecule has 2 aromatic heterocycles. The van der Waals surface area contributed by atoms with Crippen LogP contribution in [0.3, 0.4) is 0 Å². The molecule has 2 heterocycles. The predicted molar refractivity (Wildman–Crippen MR) is 148 cm³/mol. The van der Waals surface area contributed by atoms with Gasteiger partial charge >= 0.3 is 11.4 Å². The van der Waals surface area contributed by atoms with Crippen molar-refractivity contribution in [3.05, 3.63) is 86.8 Å². The lowest BCUT2D eigenvalue weighted by Crippen LogP contribution is -2.61. The summed E-state index contributed by atoms with van der Waals surface area (Å²) in [5.41, 5.74) is 2.74. The molecule has 0 amide bonds. The number of aromatic amines is 1. The van der Waals surface area contributed by atoms with Gasteiger partial charge in [0, 0.05) is 23.8 Å². The first-order valence-electron chi connectivity index (χ1n) is 13.4. The van der Waals surface area contributed by atoms with E-state index in [9.17, 15) is 14.4 Å². The average Bonchev–Trinajstić information content (AvgIpc) is 3.36. The molecule has 0 atom stereocenters. The lowest BCUT2D eigenvalue weighted by molar-refractivity contribution is -0.714. The largest absolute Gasteiger partial charge is 0.446 e. The summed E-state index contributed by atoms with van der Waals surface area (Å²) in [5.74, 6) is 1.12.